The van der Waals surface area contributed by atoms with Crippen molar-refractivity contribution in [1.82, 2.24) is 10.3 Å². The van der Waals surface area contributed by atoms with E-state index in [0.717, 1.165) is 12.0 Å². The van der Waals surface area contributed by atoms with Crippen LogP contribution >= 0.6 is 0 Å². The van der Waals surface area contributed by atoms with Gasteiger partial charge in [0.05, 0.1) is 11.1 Å². The Bertz CT molecular complexity index is 716. The van der Waals surface area contributed by atoms with Crippen LogP contribution < -0.4 is 5.32 Å². The molecule has 0 aromatic heterocycles. The Hall–Kier alpha value is -2.63. The topological polar surface area (TPSA) is 75.5 Å². The molecule has 3 atom stereocenters. The van der Waals surface area contributed by atoms with Crippen molar-refractivity contribution in [1.29, 1.82) is 0 Å². The molecule has 3 unspecified atom stereocenters. The minimum absolute atomic E-state index is 0.0550. The minimum Gasteiger partial charge on any atom is -0.380 e. The number of allylic oxidation sites excluding steroid dienone is 5. The molecule has 0 saturated carbocycles. The third-order valence-electron chi connectivity index (χ3n) is 4.80. The average Bonchev–Trinajstić information content (AvgIpc) is 2.64. The standard InChI is InChI=1S/C16H15N3O3/c20-13-7-8-14-16(9-3-4-10-17-15(13)16)11-5-1-2-6-12(11)18(14)19(21)22/h2-6,8-10,12,15,17H,1,7H2. The fourth-order valence-electron chi connectivity index (χ4n) is 3.99. The van der Waals surface area contributed by atoms with Crippen LogP contribution in [0.4, 0.5) is 0 Å². The summed E-state index contributed by atoms with van der Waals surface area (Å²) in [5.41, 5.74) is 0.752. The van der Waals surface area contributed by atoms with Gasteiger partial charge in [-0.3, -0.25) is 4.79 Å². The molecule has 2 aliphatic heterocycles. The van der Waals surface area contributed by atoms with Crippen LogP contribution in [0.15, 0.2) is 60.0 Å². The van der Waals surface area contributed by atoms with Crippen LogP contribution in [0.25, 0.3) is 0 Å². The molecule has 4 rings (SSSR count). The summed E-state index contributed by atoms with van der Waals surface area (Å²) in [7, 11) is 0. The van der Waals surface area contributed by atoms with Crippen LogP contribution in [-0.2, 0) is 4.79 Å². The number of hydrazine groups is 1. The second-order valence-electron chi connectivity index (χ2n) is 5.80. The number of Topliss-reactive ketones (excluding diaryl/α,β-unsaturated/α-hetero) is 1. The first-order chi connectivity index (χ1) is 10.7. The molecular weight excluding hydrogens is 282 g/mol. The molecule has 2 aliphatic carbocycles. The highest BCUT2D eigenvalue weighted by Gasteiger charge is 2.62. The zero-order chi connectivity index (χ0) is 15.3. The molecular formula is C16H15N3O3. The van der Waals surface area contributed by atoms with Gasteiger partial charge in [-0.1, -0.05) is 41.5 Å². The molecule has 2 heterocycles. The van der Waals surface area contributed by atoms with E-state index in [1.807, 2.05) is 36.5 Å². The van der Waals surface area contributed by atoms with Crippen LogP contribution in [0.3, 0.4) is 0 Å². The third-order valence-corrected chi connectivity index (χ3v) is 4.80. The lowest BCUT2D eigenvalue weighted by Gasteiger charge is -2.37. The van der Waals surface area contributed by atoms with Crippen molar-refractivity contribution in [3.05, 3.63) is 70.1 Å². The van der Waals surface area contributed by atoms with E-state index in [1.165, 1.54) is 5.01 Å². The molecule has 0 aromatic carbocycles. The van der Waals surface area contributed by atoms with Crippen molar-refractivity contribution in [3.63, 3.8) is 0 Å². The lowest BCUT2D eigenvalue weighted by atomic mass is 9.67. The minimum atomic E-state index is -0.763. The summed E-state index contributed by atoms with van der Waals surface area (Å²) in [6.07, 6.45) is 15.8. The number of fused-ring (bicyclic) bond motifs is 1. The van der Waals surface area contributed by atoms with Crippen LogP contribution in [0.1, 0.15) is 12.8 Å². The van der Waals surface area contributed by atoms with E-state index in [-0.39, 0.29) is 17.2 Å². The zero-order valence-electron chi connectivity index (χ0n) is 11.8. The van der Waals surface area contributed by atoms with E-state index in [9.17, 15) is 14.9 Å². The Balaban J connectivity index is 1.99. The van der Waals surface area contributed by atoms with Gasteiger partial charge in [-0.25, -0.2) is 10.1 Å². The van der Waals surface area contributed by atoms with Crippen LogP contribution in [0.5, 0.6) is 0 Å². The van der Waals surface area contributed by atoms with Crippen LogP contribution in [-0.4, -0.2) is 27.9 Å². The van der Waals surface area contributed by atoms with Crippen LogP contribution in [0.2, 0.25) is 0 Å². The Kier molecular flexibility index (Phi) is 2.63. The van der Waals surface area contributed by atoms with Gasteiger partial charge in [0.25, 0.3) is 0 Å². The van der Waals surface area contributed by atoms with Crippen molar-refractivity contribution in [3.8, 4) is 0 Å². The summed E-state index contributed by atoms with van der Waals surface area (Å²) in [6, 6.07) is -0.916. The lowest BCUT2D eigenvalue weighted by Crippen LogP contribution is -2.51. The van der Waals surface area contributed by atoms with E-state index in [1.54, 1.807) is 12.3 Å². The van der Waals surface area contributed by atoms with Gasteiger partial charge < -0.3 is 5.32 Å². The number of hydrogen-bond donors (Lipinski definition) is 1. The fraction of sp³-hybridized carbons (Fsp3) is 0.312. The fourth-order valence-corrected chi connectivity index (χ4v) is 3.99. The molecule has 1 spiro atoms. The van der Waals surface area contributed by atoms with Gasteiger partial charge in [0.1, 0.15) is 12.1 Å². The van der Waals surface area contributed by atoms with E-state index in [4.69, 9.17) is 0 Å². The summed E-state index contributed by atoms with van der Waals surface area (Å²) in [5, 5.41) is 15.6. The monoisotopic (exact) mass is 297 g/mol. The van der Waals surface area contributed by atoms with E-state index < -0.39 is 17.5 Å². The number of carbonyl (C=O) groups excluding carboxylic acids is 1. The van der Waals surface area contributed by atoms with E-state index >= 15 is 0 Å². The SMILES string of the molecule is O=C1CC=C2N([N+](=O)[O-])C3C=CCC=C3C23C=CC=CNC13. The van der Waals surface area contributed by atoms with E-state index in [0.29, 0.717) is 5.70 Å². The second kappa shape index (κ2) is 4.43. The Morgan fingerprint density at radius 1 is 1.36 bits per heavy atom. The first kappa shape index (κ1) is 13.1. The molecule has 112 valence electrons. The predicted octanol–water partition coefficient (Wildman–Crippen LogP) is 1.63. The molecule has 0 bridgehead atoms. The lowest BCUT2D eigenvalue weighted by molar-refractivity contribution is -0.646. The molecule has 0 radical (unpaired) electrons. The van der Waals surface area contributed by atoms with Gasteiger partial charge in [-0.2, -0.15) is 0 Å². The number of ketones is 1. The number of rotatable bonds is 1. The summed E-state index contributed by atoms with van der Waals surface area (Å²) >= 11 is 0. The molecule has 0 aromatic rings. The van der Waals surface area contributed by atoms with Gasteiger partial charge in [-0.05, 0) is 24.3 Å². The average molecular weight is 297 g/mol. The maximum Gasteiger partial charge on any atom is 0.165 e. The summed E-state index contributed by atoms with van der Waals surface area (Å²) in [4.78, 5) is 24.1. The van der Waals surface area contributed by atoms with Gasteiger partial charge in [0.2, 0.25) is 0 Å². The Morgan fingerprint density at radius 3 is 3.05 bits per heavy atom. The molecule has 4 aliphatic rings. The summed E-state index contributed by atoms with van der Waals surface area (Å²) in [5.74, 6) is 0.0550. The molecule has 1 fully saturated rings. The largest absolute Gasteiger partial charge is 0.380 e. The zero-order valence-corrected chi connectivity index (χ0v) is 11.8. The van der Waals surface area contributed by atoms with E-state index in [2.05, 4.69) is 5.32 Å². The summed E-state index contributed by atoms with van der Waals surface area (Å²) in [6.45, 7) is 0. The molecule has 22 heavy (non-hydrogen) atoms. The smallest absolute Gasteiger partial charge is 0.165 e. The van der Waals surface area contributed by atoms with Crippen LogP contribution in [0, 0.1) is 15.5 Å². The quantitative estimate of drug-likeness (QED) is 0.452. The van der Waals surface area contributed by atoms with Crippen molar-refractivity contribution in [2.24, 2.45) is 5.41 Å². The number of carbonyl (C=O) groups is 1. The third kappa shape index (κ3) is 1.46. The highest BCUT2D eigenvalue weighted by molar-refractivity contribution is 5.90. The highest BCUT2D eigenvalue weighted by Crippen LogP contribution is 2.55. The van der Waals surface area contributed by atoms with Crippen molar-refractivity contribution >= 4 is 5.78 Å². The first-order valence-electron chi connectivity index (χ1n) is 7.31. The number of nitrogens with zero attached hydrogens (tertiary/aromatic N) is 2. The maximum atomic E-state index is 12.5. The van der Waals surface area contributed by atoms with Gasteiger partial charge in [-0.15, -0.1) is 0 Å². The molecule has 6 nitrogen and oxygen atoms in total. The van der Waals surface area contributed by atoms with Gasteiger partial charge in [0.15, 0.2) is 10.8 Å². The number of nitrogens with one attached hydrogen (secondary N) is 1. The van der Waals surface area contributed by atoms with Crippen molar-refractivity contribution in [2.45, 2.75) is 24.9 Å². The number of hydrogen-bond acceptors (Lipinski definition) is 4. The Labute approximate surface area is 127 Å². The Morgan fingerprint density at radius 2 is 2.23 bits per heavy atom. The second-order valence-corrected chi connectivity index (χ2v) is 5.80. The first-order valence-corrected chi connectivity index (χ1v) is 7.31. The normalized spacial score (nSPS) is 34.9. The molecule has 1 N–H and O–H groups in total. The molecule has 1 saturated heterocycles. The summed E-state index contributed by atoms with van der Waals surface area (Å²) < 4.78 is 0. The highest BCUT2D eigenvalue weighted by atomic mass is 16.7. The van der Waals surface area contributed by atoms with Gasteiger partial charge in [0, 0.05) is 6.42 Å². The maximum absolute atomic E-state index is 12.5. The predicted molar refractivity (Wildman–Crippen MR) is 79.8 cm³/mol. The van der Waals surface area contributed by atoms with Crippen molar-refractivity contribution in [2.75, 3.05) is 0 Å². The molecule has 0 amide bonds. The van der Waals surface area contributed by atoms with Crippen molar-refractivity contribution < 1.29 is 9.83 Å². The molecule has 6 heteroatoms. The van der Waals surface area contributed by atoms with Gasteiger partial charge >= 0.3 is 0 Å². The number of nitro groups is 1.